The minimum absolute atomic E-state index is 0.0853. The maximum Gasteiger partial charge on any atom is 0.410 e. The van der Waals surface area contributed by atoms with Crippen molar-refractivity contribution in [1.29, 1.82) is 0 Å². The zero-order valence-corrected chi connectivity index (χ0v) is 15.9. The first-order valence-corrected chi connectivity index (χ1v) is 9.16. The van der Waals surface area contributed by atoms with Crippen LogP contribution in [0.3, 0.4) is 0 Å². The molecule has 1 fully saturated rings. The van der Waals surface area contributed by atoms with Gasteiger partial charge in [0, 0.05) is 12.1 Å². The average molecular weight is 357 g/mol. The van der Waals surface area contributed by atoms with E-state index in [0.717, 1.165) is 35.7 Å². The topological polar surface area (TPSA) is 67.4 Å². The second kappa shape index (κ2) is 7.40. The number of para-hydroxylation sites is 1. The van der Waals surface area contributed by atoms with Crippen LogP contribution in [0.4, 0.5) is 4.79 Å². The van der Waals surface area contributed by atoms with Gasteiger partial charge in [-0.25, -0.2) is 9.78 Å². The van der Waals surface area contributed by atoms with Crippen LogP contribution >= 0.6 is 0 Å². The Balaban J connectivity index is 1.82. The Labute approximate surface area is 154 Å². The van der Waals surface area contributed by atoms with Crippen molar-refractivity contribution in [2.75, 3.05) is 13.2 Å². The SMILES string of the molecule is CCOc1ccccc1-c1cnc(C2CCCN2C(=O)OC(C)(C)C)[nH]1. The molecule has 1 aromatic heterocycles. The number of nitrogens with zero attached hydrogens (tertiary/aromatic N) is 2. The van der Waals surface area contributed by atoms with E-state index >= 15 is 0 Å². The Morgan fingerprint density at radius 3 is 2.85 bits per heavy atom. The number of H-pyrrole nitrogens is 1. The summed E-state index contributed by atoms with van der Waals surface area (Å²) in [4.78, 5) is 22.2. The van der Waals surface area contributed by atoms with E-state index in [1.165, 1.54) is 0 Å². The first-order valence-electron chi connectivity index (χ1n) is 9.16. The Bertz CT molecular complexity index is 764. The molecule has 1 saturated heterocycles. The molecule has 6 heteroatoms. The minimum Gasteiger partial charge on any atom is -0.493 e. The van der Waals surface area contributed by atoms with Crippen molar-refractivity contribution in [2.24, 2.45) is 0 Å². The van der Waals surface area contributed by atoms with Crippen molar-refractivity contribution < 1.29 is 14.3 Å². The molecular formula is C20H27N3O3. The quantitative estimate of drug-likeness (QED) is 0.872. The molecule has 0 aliphatic carbocycles. The number of carbonyl (C=O) groups is 1. The Morgan fingerprint density at radius 1 is 1.35 bits per heavy atom. The highest BCUT2D eigenvalue weighted by atomic mass is 16.6. The number of benzene rings is 1. The van der Waals surface area contributed by atoms with Gasteiger partial charge in [-0.2, -0.15) is 0 Å². The summed E-state index contributed by atoms with van der Waals surface area (Å²) in [7, 11) is 0. The van der Waals surface area contributed by atoms with Crippen molar-refractivity contribution in [1.82, 2.24) is 14.9 Å². The predicted octanol–water partition coefficient (Wildman–Crippen LogP) is 4.55. The molecule has 140 valence electrons. The van der Waals surface area contributed by atoms with Crippen LogP contribution in [0.15, 0.2) is 30.5 Å². The van der Waals surface area contributed by atoms with Crippen molar-refractivity contribution in [3.8, 4) is 17.0 Å². The lowest BCUT2D eigenvalue weighted by Crippen LogP contribution is -2.36. The molecule has 1 aliphatic rings. The number of aromatic amines is 1. The van der Waals surface area contributed by atoms with Gasteiger partial charge in [-0.15, -0.1) is 0 Å². The van der Waals surface area contributed by atoms with Crippen LogP contribution in [0.2, 0.25) is 0 Å². The number of hydrogen-bond acceptors (Lipinski definition) is 4. The monoisotopic (exact) mass is 357 g/mol. The number of likely N-dealkylation sites (tertiary alicyclic amines) is 1. The number of imidazole rings is 1. The fourth-order valence-corrected chi connectivity index (χ4v) is 3.20. The lowest BCUT2D eigenvalue weighted by molar-refractivity contribution is 0.0218. The van der Waals surface area contributed by atoms with E-state index in [9.17, 15) is 4.79 Å². The Morgan fingerprint density at radius 2 is 2.12 bits per heavy atom. The summed E-state index contributed by atoms with van der Waals surface area (Å²) in [6.45, 7) is 8.90. The molecule has 1 aromatic carbocycles. The van der Waals surface area contributed by atoms with E-state index < -0.39 is 5.60 Å². The number of hydrogen-bond donors (Lipinski definition) is 1. The van der Waals surface area contributed by atoms with Crippen LogP contribution < -0.4 is 4.74 Å². The molecule has 0 radical (unpaired) electrons. The van der Waals surface area contributed by atoms with E-state index in [1.807, 2.05) is 52.0 Å². The second-order valence-electron chi connectivity index (χ2n) is 7.44. The van der Waals surface area contributed by atoms with Crippen LogP contribution in [0.1, 0.15) is 52.4 Å². The third-order valence-electron chi connectivity index (χ3n) is 4.27. The Kier molecular flexibility index (Phi) is 5.20. The zero-order chi connectivity index (χ0) is 18.7. The van der Waals surface area contributed by atoms with E-state index in [4.69, 9.17) is 9.47 Å². The molecule has 26 heavy (non-hydrogen) atoms. The molecule has 0 saturated carbocycles. The highest BCUT2D eigenvalue weighted by Crippen LogP contribution is 2.34. The number of carbonyl (C=O) groups excluding carboxylic acids is 1. The van der Waals surface area contributed by atoms with E-state index in [-0.39, 0.29) is 12.1 Å². The third kappa shape index (κ3) is 4.00. The van der Waals surface area contributed by atoms with Gasteiger partial charge in [0.25, 0.3) is 0 Å². The van der Waals surface area contributed by atoms with Gasteiger partial charge < -0.3 is 14.5 Å². The largest absolute Gasteiger partial charge is 0.493 e. The van der Waals surface area contributed by atoms with Crippen molar-refractivity contribution >= 4 is 6.09 Å². The summed E-state index contributed by atoms with van der Waals surface area (Å²) in [6.07, 6.45) is 3.33. The molecule has 2 aromatic rings. The number of ether oxygens (including phenoxy) is 2. The van der Waals surface area contributed by atoms with Crippen LogP contribution in [-0.4, -0.2) is 39.7 Å². The van der Waals surface area contributed by atoms with Gasteiger partial charge in [0.2, 0.25) is 0 Å². The van der Waals surface area contributed by atoms with Gasteiger partial charge in [0.1, 0.15) is 17.2 Å². The molecule has 1 aliphatic heterocycles. The molecule has 1 N–H and O–H groups in total. The van der Waals surface area contributed by atoms with Crippen LogP contribution in [0.5, 0.6) is 5.75 Å². The summed E-state index contributed by atoms with van der Waals surface area (Å²) in [6, 6.07) is 7.79. The van der Waals surface area contributed by atoms with Gasteiger partial charge in [-0.1, -0.05) is 12.1 Å². The molecule has 6 nitrogen and oxygen atoms in total. The maximum atomic E-state index is 12.5. The van der Waals surface area contributed by atoms with Crippen LogP contribution in [0.25, 0.3) is 11.3 Å². The molecule has 0 spiro atoms. The highest BCUT2D eigenvalue weighted by molar-refractivity contribution is 5.69. The van der Waals surface area contributed by atoms with E-state index in [1.54, 1.807) is 11.1 Å². The Hall–Kier alpha value is -2.50. The minimum atomic E-state index is -0.505. The van der Waals surface area contributed by atoms with Crippen molar-refractivity contribution in [3.63, 3.8) is 0 Å². The standard InChI is InChI=1S/C20H27N3O3/c1-5-25-17-11-7-6-9-14(17)15-13-21-18(22-15)16-10-8-12-23(16)19(24)26-20(2,3)4/h6-7,9,11,13,16H,5,8,10,12H2,1-4H3,(H,21,22). The number of nitrogens with one attached hydrogen (secondary N) is 1. The third-order valence-corrected chi connectivity index (χ3v) is 4.27. The van der Waals surface area contributed by atoms with Crippen molar-refractivity contribution in [2.45, 2.75) is 52.2 Å². The summed E-state index contributed by atoms with van der Waals surface area (Å²) < 4.78 is 11.2. The fourth-order valence-electron chi connectivity index (χ4n) is 3.20. The van der Waals surface area contributed by atoms with Gasteiger partial charge in [0.05, 0.1) is 24.5 Å². The molecule has 3 rings (SSSR count). The number of amides is 1. The summed E-state index contributed by atoms with van der Waals surface area (Å²) in [5.74, 6) is 1.61. The molecule has 2 heterocycles. The highest BCUT2D eigenvalue weighted by Gasteiger charge is 2.34. The maximum absolute atomic E-state index is 12.5. The summed E-state index contributed by atoms with van der Waals surface area (Å²) >= 11 is 0. The normalized spacial score (nSPS) is 17.4. The second-order valence-corrected chi connectivity index (χ2v) is 7.44. The first-order chi connectivity index (χ1) is 12.4. The molecule has 0 bridgehead atoms. The zero-order valence-electron chi connectivity index (χ0n) is 15.9. The molecular weight excluding hydrogens is 330 g/mol. The van der Waals surface area contributed by atoms with Crippen LogP contribution in [-0.2, 0) is 4.74 Å². The average Bonchev–Trinajstić information content (AvgIpc) is 3.23. The van der Waals surface area contributed by atoms with Gasteiger partial charge in [-0.05, 0) is 52.7 Å². The van der Waals surface area contributed by atoms with Crippen LogP contribution in [0, 0.1) is 0 Å². The number of aromatic nitrogens is 2. The predicted molar refractivity (Wildman–Crippen MR) is 100 cm³/mol. The molecule has 1 unspecified atom stereocenters. The number of rotatable bonds is 4. The van der Waals surface area contributed by atoms with Gasteiger partial charge >= 0.3 is 6.09 Å². The van der Waals surface area contributed by atoms with E-state index in [0.29, 0.717) is 13.2 Å². The smallest absolute Gasteiger partial charge is 0.410 e. The van der Waals surface area contributed by atoms with Crippen molar-refractivity contribution in [3.05, 3.63) is 36.3 Å². The van der Waals surface area contributed by atoms with Gasteiger partial charge in [0.15, 0.2) is 0 Å². The lowest BCUT2D eigenvalue weighted by atomic mass is 10.1. The van der Waals surface area contributed by atoms with E-state index in [2.05, 4.69) is 9.97 Å². The summed E-state index contributed by atoms with van der Waals surface area (Å²) in [5.41, 5.74) is 1.35. The molecule has 1 amide bonds. The molecule has 1 atom stereocenters. The lowest BCUT2D eigenvalue weighted by Gasteiger charge is -2.27. The fraction of sp³-hybridized carbons (Fsp3) is 0.500. The van der Waals surface area contributed by atoms with Gasteiger partial charge in [-0.3, -0.25) is 4.90 Å². The first kappa shape index (κ1) is 18.3. The summed E-state index contributed by atoms with van der Waals surface area (Å²) in [5, 5.41) is 0.